The molecule has 0 saturated heterocycles. The number of methoxy groups -OCH3 is 1. The molecule has 0 aliphatic heterocycles. The first kappa shape index (κ1) is 10.3. The third-order valence-corrected chi connectivity index (χ3v) is 2.22. The molecule has 2 heterocycles. The second-order valence-corrected chi connectivity index (χ2v) is 3.33. The van der Waals surface area contributed by atoms with Crippen LogP contribution in [0.3, 0.4) is 0 Å². The van der Waals surface area contributed by atoms with Crippen LogP contribution in [-0.2, 0) is 11.8 Å². The summed E-state index contributed by atoms with van der Waals surface area (Å²) >= 11 is 0. The minimum atomic E-state index is -0.398. The molecule has 6 nitrogen and oxygen atoms in total. The summed E-state index contributed by atoms with van der Waals surface area (Å²) in [6, 6.07) is 3.26. The molecular formula is C10H11N3O3. The summed E-state index contributed by atoms with van der Waals surface area (Å²) in [6.07, 6.45) is 1.75. The van der Waals surface area contributed by atoms with Crippen molar-refractivity contribution >= 4 is 11.9 Å². The molecule has 84 valence electrons. The lowest BCUT2D eigenvalue weighted by Crippen LogP contribution is -2.06. The number of hydrogen-bond donors (Lipinski definition) is 1. The number of hydrogen-bond acceptors (Lipinski definition) is 5. The van der Waals surface area contributed by atoms with Crippen LogP contribution >= 0.6 is 0 Å². The maximum absolute atomic E-state index is 11.4. The van der Waals surface area contributed by atoms with Gasteiger partial charge in [0.25, 0.3) is 0 Å². The summed E-state index contributed by atoms with van der Waals surface area (Å²) < 4.78 is 11.1. The van der Waals surface area contributed by atoms with Crippen LogP contribution in [0.5, 0.6) is 0 Å². The summed E-state index contributed by atoms with van der Waals surface area (Å²) in [5.41, 5.74) is 7.20. The Morgan fingerprint density at radius 3 is 2.88 bits per heavy atom. The van der Waals surface area contributed by atoms with Crippen LogP contribution in [0, 0.1) is 0 Å². The number of carbonyl (C=O) groups excluding carboxylic acids is 1. The van der Waals surface area contributed by atoms with Crippen molar-refractivity contribution < 1.29 is 14.1 Å². The van der Waals surface area contributed by atoms with Crippen molar-refractivity contribution in [2.45, 2.75) is 0 Å². The van der Waals surface area contributed by atoms with Gasteiger partial charge in [-0.2, -0.15) is 0 Å². The lowest BCUT2D eigenvalue weighted by molar-refractivity contribution is 0.0590. The summed E-state index contributed by atoms with van der Waals surface area (Å²) in [5, 5.41) is 3.76. The van der Waals surface area contributed by atoms with Crippen LogP contribution in [0.1, 0.15) is 10.5 Å². The Labute approximate surface area is 91.6 Å². The van der Waals surface area contributed by atoms with E-state index in [1.165, 1.54) is 7.11 Å². The number of carbonyl (C=O) groups is 1. The van der Waals surface area contributed by atoms with E-state index < -0.39 is 5.97 Å². The molecule has 0 amide bonds. The van der Waals surface area contributed by atoms with Crippen molar-refractivity contribution in [3.05, 3.63) is 24.0 Å². The molecule has 0 aliphatic carbocycles. The van der Waals surface area contributed by atoms with Crippen molar-refractivity contribution in [1.29, 1.82) is 0 Å². The quantitative estimate of drug-likeness (QED) is 0.766. The fourth-order valence-electron chi connectivity index (χ4n) is 1.44. The van der Waals surface area contributed by atoms with E-state index in [0.29, 0.717) is 11.4 Å². The Morgan fingerprint density at radius 2 is 2.31 bits per heavy atom. The number of nitrogens with zero attached hydrogens (tertiary/aromatic N) is 2. The van der Waals surface area contributed by atoms with Crippen LogP contribution in [0.2, 0.25) is 0 Å². The third-order valence-electron chi connectivity index (χ3n) is 2.22. The SMILES string of the molecule is COC(=O)c1cc(-c2cc(N)on2)cn1C. The van der Waals surface area contributed by atoms with Gasteiger partial charge in [0, 0.05) is 24.9 Å². The second kappa shape index (κ2) is 3.73. The Balaban J connectivity index is 2.41. The Kier molecular flexibility index (Phi) is 2.40. The van der Waals surface area contributed by atoms with Gasteiger partial charge < -0.3 is 19.6 Å². The van der Waals surface area contributed by atoms with Crippen molar-refractivity contribution in [2.24, 2.45) is 7.05 Å². The van der Waals surface area contributed by atoms with Gasteiger partial charge in [-0.3, -0.25) is 0 Å². The van der Waals surface area contributed by atoms with Gasteiger partial charge in [0.1, 0.15) is 11.4 Å². The molecule has 2 rings (SSSR count). The molecule has 6 heteroatoms. The van der Waals surface area contributed by atoms with Crippen molar-refractivity contribution in [2.75, 3.05) is 12.8 Å². The molecule has 0 aliphatic rings. The number of esters is 1. The minimum Gasteiger partial charge on any atom is -0.464 e. The molecule has 0 atom stereocenters. The van der Waals surface area contributed by atoms with Crippen molar-refractivity contribution in [3.63, 3.8) is 0 Å². The molecule has 0 saturated carbocycles. The van der Waals surface area contributed by atoms with Gasteiger partial charge in [-0.15, -0.1) is 0 Å². The summed E-state index contributed by atoms with van der Waals surface area (Å²) in [4.78, 5) is 11.4. The average molecular weight is 221 g/mol. The molecular weight excluding hydrogens is 210 g/mol. The number of aromatic nitrogens is 2. The number of ether oxygens (including phenoxy) is 1. The lowest BCUT2D eigenvalue weighted by Gasteiger charge is -1.98. The molecule has 16 heavy (non-hydrogen) atoms. The van der Waals surface area contributed by atoms with Crippen molar-refractivity contribution in [1.82, 2.24) is 9.72 Å². The first-order valence-electron chi connectivity index (χ1n) is 4.59. The number of nitrogen functional groups attached to an aromatic ring is 1. The van der Waals surface area contributed by atoms with Gasteiger partial charge >= 0.3 is 5.97 Å². The standard InChI is InChI=1S/C10H11N3O3/c1-13-5-6(3-8(13)10(14)15-2)7-4-9(11)16-12-7/h3-5H,11H2,1-2H3. The van der Waals surface area contributed by atoms with Gasteiger partial charge in [0.2, 0.25) is 5.88 Å². The van der Waals surface area contributed by atoms with E-state index in [0.717, 1.165) is 5.56 Å². The predicted octanol–water partition coefficient (Wildman–Crippen LogP) is 1.05. The molecule has 0 spiro atoms. The zero-order chi connectivity index (χ0) is 11.7. The summed E-state index contributed by atoms with van der Waals surface area (Å²) in [5.74, 6) is -0.163. The van der Waals surface area contributed by atoms with Crippen LogP contribution in [-0.4, -0.2) is 22.8 Å². The topological polar surface area (TPSA) is 83.3 Å². The van der Waals surface area contributed by atoms with E-state index in [1.807, 2.05) is 0 Å². The Bertz CT molecular complexity index is 527. The van der Waals surface area contributed by atoms with Crippen LogP contribution in [0.4, 0.5) is 5.88 Å². The van der Waals surface area contributed by atoms with Gasteiger partial charge in [0.05, 0.1) is 7.11 Å². The van der Waals surface area contributed by atoms with Crippen LogP contribution < -0.4 is 5.73 Å². The average Bonchev–Trinajstić information content (AvgIpc) is 2.83. The molecule has 0 radical (unpaired) electrons. The highest BCUT2D eigenvalue weighted by Gasteiger charge is 2.14. The Morgan fingerprint density at radius 1 is 1.56 bits per heavy atom. The number of aryl methyl sites for hydroxylation is 1. The number of anilines is 1. The largest absolute Gasteiger partial charge is 0.464 e. The maximum Gasteiger partial charge on any atom is 0.354 e. The highest BCUT2D eigenvalue weighted by molar-refractivity contribution is 5.89. The summed E-state index contributed by atoms with van der Waals surface area (Å²) in [6.45, 7) is 0. The van der Waals surface area contributed by atoms with E-state index in [4.69, 9.17) is 10.3 Å². The van der Waals surface area contributed by atoms with E-state index in [9.17, 15) is 4.79 Å². The molecule has 2 aromatic rings. The first-order valence-corrected chi connectivity index (χ1v) is 4.59. The van der Waals surface area contributed by atoms with Crippen molar-refractivity contribution in [3.8, 4) is 11.3 Å². The lowest BCUT2D eigenvalue weighted by atomic mass is 10.2. The fraction of sp³-hybridized carbons (Fsp3) is 0.200. The fourth-order valence-corrected chi connectivity index (χ4v) is 1.44. The first-order chi connectivity index (χ1) is 7.61. The second-order valence-electron chi connectivity index (χ2n) is 3.33. The third kappa shape index (κ3) is 1.65. The molecule has 2 aromatic heterocycles. The zero-order valence-corrected chi connectivity index (χ0v) is 8.93. The smallest absolute Gasteiger partial charge is 0.354 e. The van der Waals surface area contributed by atoms with Gasteiger partial charge in [-0.25, -0.2) is 4.79 Å². The van der Waals surface area contributed by atoms with E-state index in [-0.39, 0.29) is 5.88 Å². The molecule has 0 bridgehead atoms. The number of rotatable bonds is 2. The number of nitrogens with two attached hydrogens (primary N) is 1. The zero-order valence-electron chi connectivity index (χ0n) is 8.93. The van der Waals surface area contributed by atoms with Crippen LogP contribution in [0.25, 0.3) is 11.3 Å². The van der Waals surface area contributed by atoms with E-state index >= 15 is 0 Å². The molecule has 2 N–H and O–H groups in total. The Hall–Kier alpha value is -2.24. The maximum atomic E-state index is 11.4. The van der Waals surface area contributed by atoms with Gasteiger partial charge in [-0.1, -0.05) is 5.16 Å². The molecule has 0 unspecified atom stereocenters. The normalized spacial score (nSPS) is 10.4. The monoisotopic (exact) mass is 221 g/mol. The highest BCUT2D eigenvalue weighted by atomic mass is 16.5. The highest BCUT2D eigenvalue weighted by Crippen LogP contribution is 2.22. The van der Waals surface area contributed by atoms with E-state index in [1.54, 1.807) is 29.9 Å². The van der Waals surface area contributed by atoms with Crippen LogP contribution in [0.15, 0.2) is 22.9 Å². The van der Waals surface area contributed by atoms with E-state index in [2.05, 4.69) is 9.89 Å². The van der Waals surface area contributed by atoms with Gasteiger partial charge in [0.15, 0.2) is 0 Å². The van der Waals surface area contributed by atoms with Gasteiger partial charge in [-0.05, 0) is 6.07 Å². The minimum absolute atomic E-state index is 0.235. The predicted molar refractivity (Wildman–Crippen MR) is 56.7 cm³/mol. The molecule has 0 fully saturated rings. The summed E-state index contributed by atoms with van der Waals surface area (Å²) in [7, 11) is 3.09. The molecule has 0 aromatic carbocycles.